The van der Waals surface area contributed by atoms with Gasteiger partial charge in [0, 0.05) is 54.9 Å². The van der Waals surface area contributed by atoms with Gasteiger partial charge in [-0.3, -0.25) is 9.48 Å². The van der Waals surface area contributed by atoms with Crippen molar-refractivity contribution in [1.82, 2.24) is 25.1 Å². The molecule has 2 N–H and O–H groups in total. The van der Waals surface area contributed by atoms with Gasteiger partial charge in [-0.15, -0.1) is 0 Å². The second-order valence-electron chi connectivity index (χ2n) is 8.57. The van der Waals surface area contributed by atoms with Crippen LogP contribution < -0.4 is 20.3 Å². The molecule has 1 fully saturated rings. The lowest BCUT2D eigenvalue weighted by atomic mass is 10.0. The first-order valence-electron chi connectivity index (χ1n) is 11.0. The Bertz CT molecular complexity index is 1340. The summed E-state index contributed by atoms with van der Waals surface area (Å²) in [5.74, 6) is 0.235. The van der Waals surface area contributed by atoms with Gasteiger partial charge >= 0.3 is 6.01 Å². The van der Waals surface area contributed by atoms with Crippen LogP contribution in [0.5, 0.6) is 6.01 Å². The molecule has 0 bridgehead atoms. The number of methoxy groups -OCH3 is 1. The zero-order valence-corrected chi connectivity index (χ0v) is 19.2. The Hall–Kier alpha value is -3.72. The summed E-state index contributed by atoms with van der Waals surface area (Å²) in [7, 11) is 3.38. The molecule has 1 aliphatic rings. The monoisotopic (exact) mass is 445 g/mol. The maximum absolute atomic E-state index is 13.4. The van der Waals surface area contributed by atoms with Crippen LogP contribution in [0.1, 0.15) is 24.2 Å². The van der Waals surface area contributed by atoms with Crippen molar-refractivity contribution in [3.05, 3.63) is 48.2 Å². The van der Waals surface area contributed by atoms with Crippen molar-refractivity contribution in [3.8, 4) is 6.01 Å². The summed E-state index contributed by atoms with van der Waals surface area (Å²) >= 11 is 0. The number of rotatable bonds is 4. The van der Waals surface area contributed by atoms with E-state index in [4.69, 9.17) is 4.74 Å². The van der Waals surface area contributed by atoms with E-state index in [2.05, 4.69) is 44.4 Å². The molecule has 4 aromatic rings. The number of carbonyl (C=O) groups excluding carboxylic acids is 1. The maximum atomic E-state index is 13.4. The molecule has 9 nitrogen and oxygen atoms in total. The van der Waals surface area contributed by atoms with Crippen LogP contribution in [-0.4, -0.2) is 57.9 Å². The number of para-hydroxylation sites is 1. The van der Waals surface area contributed by atoms with Gasteiger partial charge in [-0.2, -0.15) is 10.1 Å². The quantitative estimate of drug-likeness (QED) is 0.498. The molecule has 170 valence electrons. The number of hydrogen-bond donors (Lipinski definition) is 2. The second-order valence-corrected chi connectivity index (χ2v) is 8.57. The number of ether oxygens (including phenoxy) is 1. The van der Waals surface area contributed by atoms with Gasteiger partial charge in [0.05, 0.1) is 23.7 Å². The highest BCUT2D eigenvalue weighted by atomic mass is 16.5. The third-order valence-electron chi connectivity index (χ3n) is 6.02. The molecular weight excluding hydrogens is 418 g/mol. The van der Waals surface area contributed by atoms with Gasteiger partial charge in [0.2, 0.25) is 0 Å². The lowest BCUT2D eigenvalue weighted by Gasteiger charge is -2.38. The van der Waals surface area contributed by atoms with E-state index in [1.165, 1.54) is 7.11 Å². The Morgan fingerprint density at radius 3 is 2.64 bits per heavy atom. The molecule has 2 aromatic heterocycles. The van der Waals surface area contributed by atoms with Crippen LogP contribution in [-0.2, 0) is 7.05 Å². The summed E-state index contributed by atoms with van der Waals surface area (Å²) in [6.45, 7) is 6.06. The van der Waals surface area contributed by atoms with Crippen LogP contribution in [0.2, 0.25) is 0 Å². The molecule has 5 rings (SSSR count). The summed E-state index contributed by atoms with van der Waals surface area (Å²) in [6.07, 6.45) is 1.74. The molecule has 1 aliphatic heterocycles. The van der Waals surface area contributed by atoms with Gasteiger partial charge in [0.15, 0.2) is 5.82 Å². The molecular formula is C24H27N7O2. The minimum Gasteiger partial charge on any atom is -0.467 e. The number of amides is 1. The fourth-order valence-electron chi connectivity index (χ4n) is 4.65. The van der Waals surface area contributed by atoms with Crippen molar-refractivity contribution in [2.24, 2.45) is 7.05 Å². The van der Waals surface area contributed by atoms with Crippen LogP contribution >= 0.6 is 0 Å². The largest absolute Gasteiger partial charge is 0.467 e. The Morgan fingerprint density at radius 1 is 1.12 bits per heavy atom. The number of nitrogens with one attached hydrogen (secondary N) is 2. The maximum Gasteiger partial charge on any atom is 0.316 e. The summed E-state index contributed by atoms with van der Waals surface area (Å²) in [5.41, 5.74) is 2.95. The average Bonchev–Trinajstić information content (AvgIpc) is 3.12. The zero-order chi connectivity index (χ0) is 23.1. The van der Waals surface area contributed by atoms with Gasteiger partial charge in [0.1, 0.15) is 0 Å². The number of fused-ring (bicyclic) bond motifs is 2. The third-order valence-corrected chi connectivity index (χ3v) is 6.02. The number of benzene rings is 2. The number of nitrogens with zero attached hydrogens (tertiary/aromatic N) is 5. The van der Waals surface area contributed by atoms with Crippen LogP contribution in [0.4, 0.5) is 11.5 Å². The van der Waals surface area contributed by atoms with Crippen LogP contribution in [0, 0.1) is 0 Å². The standard InChI is InChI=1S/C24H27N7O2/c1-14-12-31(13-15(2)26-14)20-10-9-17(21-18(20)11-25-24(27-21)33-4)23(32)28-22-16-7-5-6-8-19(16)30(3)29-22/h5-11,14-15,26H,12-13H2,1-4H3,(H,28,29,32)/t14-,15-/m0/s1. The first-order valence-corrected chi connectivity index (χ1v) is 11.0. The number of carbonyl (C=O) groups is 1. The molecule has 3 heterocycles. The van der Waals surface area contributed by atoms with E-state index in [1.54, 1.807) is 10.9 Å². The summed E-state index contributed by atoms with van der Waals surface area (Å²) in [5, 5.41) is 12.7. The fourth-order valence-corrected chi connectivity index (χ4v) is 4.65. The number of aryl methyl sites for hydroxylation is 1. The van der Waals surface area contributed by atoms with E-state index in [1.807, 2.05) is 43.4 Å². The lowest BCUT2D eigenvalue weighted by Crippen LogP contribution is -2.54. The first-order chi connectivity index (χ1) is 15.9. The molecule has 0 spiro atoms. The molecule has 0 aliphatic carbocycles. The van der Waals surface area contributed by atoms with Crippen molar-refractivity contribution >= 4 is 39.2 Å². The zero-order valence-electron chi connectivity index (χ0n) is 19.2. The summed E-state index contributed by atoms with van der Waals surface area (Å²) in [4.78, 5) is 24.6. The topological polar surface area (TPSA) is 97.2 Å². The summed E-state index contributed by atoms with van der Waals surface area (Å²) < 4.78 is 7.02. The predicted octanol–water partition coefficient (Wildman–Crippen LogP) is 2.96. The molecule has 2 atom stereocenters. The fraction of sp³-hybridized carbons (Fsp3) is 0.333. The minimum atomic E-state index is -0.279. The Labute approximate surface area is 191 Å². The molecule has 2 aromatic carbocycles. The van der Waals surface area contributed by atoms with Crippen molar-refractivity contribution in [1.29, 1.82) is 0 Å². The molecule has 0 radical (unpaired) electrons. The highest BCUT2D eigenvalue weighted by molar-refractivity contribution is 6.15. The molecule has 1 saturated heterocycles. The minimum absolute atomic E-state index is 0.221. The third kappa shape index (κ3) is 3.84. The Morgan fingerprint density at radius 2 is 1.88 bits per heavy atom. The van der Waals surface area contributed by atoms with Crippen molar-refractivity contribution in [2.75, 3.05) is 30.4 Å². The molecule has 1 amide bonds. The van der Waals surface area contributed by atoms with E-state index < -0.39 is 0 Å². The lowest BCUT2D eigenvalue weighted by molar-refractivity contribution is 0.102. The highest BCUT2D eigenvalue weighted by Gasteiger charge is 2.25. The average molecular weight is 446 g/mol. The summed E-state index contributed by atoms with van der Waals surface area (Å²) in [6, 6.07) is 12.5. The van der Waals surface area contributed by atoms with E-state index in [0.29, 0.717) is 29.0 Å². The van der Waals surface area contributed by atoms with E-state index in [9.17, 15) is 4.79 Å². The van der Waals surface area contributed by atoms with Gasteiger partial charge in [-0.25, -0.2) is 4.98 Å². The molecule has 33 heavy (non-hydrogen) atoms. The van der Waals surface area contributed by atoms with Crippen molar-refractivity contribution in [2.45, 2.75) is 25.9 Å². The Kier molecular flexibility index (Phi) is 5.33. The second kappa shape index (κ2) is 8.32. The highest BCUT2D eigenvalue weighted by Crippen LogP contribution is 2.31. The van der Waals surface area contributed by atoms with Gasteiger partial charge in [-0.1, -0.05) is 12.1 Å². The molecule has 0 saturated carbocycles. The van der Waals surface area contributed by atoms with Gasteiger partial charge in [-0.05, 0) is 38.1 Å². The first kappa shape index (κ1) is 21.1. The molecule has 0 unspecified atom stereocenters. The van der Waals surface area contributed by atoms with Crippen LogP contribution in [0.25, 0.3) is 21.8 Å². The van der Waals surface area contributed by atoms with E-state index in [-0.39, 0.29) is 11.9 Å². The van der Waals surface area contributed by atoms with Crippen LogP contribution in [0.3, 0.4) is 0 Å². The van der Waals surface area contributed by atoms with E-state index >= 15 is 0 Å². The van der Waals surface area contributed by atoms with Gasteiger partial charge < -0.3 is 20.3 Å². The van der Waals surface area contributed by atoms with Crippen molar-refractivity contribution < 1.29 is 9.53 Å². The molecule has 9 heteroatoms. The van der Waals surface area contributed by atoms with Crippen LogP contribution in [0.15, 0.2) is 42.6 Å². The SMILES string of the molecule is COc1ncc2c(N3C[C@H](C)N[C@@H](C)C3)ccc(C(=O)Nc3nn(C)c4ccccc34)c2n1. The number of hydrogen-bond acceptors (Lipinski definition) is 7. The smallest absolute Gasteiger partial charge is 0.316 e. The van der Waals surface area contributed by atoms with Gasteiger partial charge in [0.25, 0.3) is 5.91 Å². The number of piperazine rings is 1. The normalized spacial score (nSPS) is 18.6. The Balaban J connectivity index is 1.57. The number of aromatic nitrogens is 4. The number of anilines is 2. The van der Waals surface area contributed by atoms with E-state index in [0.717, 1.165) is 35.1 Å². The van der Waals surface area contributed by atoms with Crippen molar-refractivity contribution in [3.63, 3.8) is 0 Å². The predicted molar refractivity (Wildman–Crippen MR) is 129 cm³/mol.